The Bertz CT molecular complexity index is 2110. The number of para-hydroxylation sites is 2. The first-order valence-electron chi connectivity index (χ1n) is 17.4. The summed E-state index contributed by atoms with van der Waals surface area (Å²) in [5.41, 5.74) is 10.9. The molecular formula is C49H40BrCl2N. The van der Waals surface area contributed by atoms with Gasteiger partial charge < -0.3 is 4.90 Å². The van der Waals surface area contributed by atoms with E-state index in [0.29, 0.717) is 0 Å². The predicted octanol–water partition coefficient (Wildman–Crippen LogP) is 15.8. The number of halogens is 3. The van der Waals surface area contributed by atoms with Gasteiger partial charge in [-0.25, -0.2) is 0 Å². The van der Waals surface area contributed by atoms with Crippen molar-refractivity contribution in [2.45, 2.75) is 6.42 Å². The lowest BCUT2D eigenvalue weighted by atomic mass is 10.0. The summed E-state index contributed by atoms with van der Waals surface area (Å²) in [5.74, 6) is 0. The lowest BCUT2D eigenvalue weighted by Gasteiger charge is -2.25. The van der Waals surface area contributed by atoms with Crippen LogP contribution in [0.2, 0.25) is 10.0 Å². The maximum Gasteiger partial charge on any atom is 0.0462 e. The third-order valence-electron chi connectivity index (χ3n) is 8.45. The Hall–Kier alpha value is -5.38. The molecule has 0 unspecified atom stereocenters. The van der Waals surface area contributed by atoms with Crippen molar-refractivity contribution < 1.29 is 1.43 Å². The Morgan fingerprint density at radius 3 is 0.981 bits per heavy atom. The highest BCUT2D eigenvalue weighted by Crippen LogP contribution is 2.35. The van der Waals surface area contributed by atoms with Crippen molar-refractivity contribution in [1.29, 1.82) is 0 Å². The molecule has 0 spiro atoms. The molecule has 0 heterocycles. The van der Waals surface area contributed by atoms with Crippen LogP contribution in [-0.2, 0) is 6.42 Å². The lowest BCUT2D eigenvalue weighted by Crippen LogP contribution is -2.09. The Labute approximate surface area is 333 Å². The van der Waals surface area contributed by atoms with Crippen molar-refractivity contribution in [2.75, 3.05) is 4.90 Å². The first-order chi connectivity index (χ1) is 26.0. The molecule has 8 rings (SSSR count). The highest BCUT2D eigenvalue weighted by atomic mass is 79.9. The average Bonchev–Trinajstić information content (AvgIpc) is 3.21. The molecule has 0 atom stereocenters. The van der Waals surface area contributed by atoms with Crippen LogP contribution >= 0.6 is 39.1 Å². The van der Waals surface area contributed by atoms with E-state index in [1.165, 1.54) is 27.8 Å². The first kappa shape index (κ1) is 37.4. The number of rotatable bonds is 7. The smallest absolute Gasteiger partial charge is 0.0462 e. The number of hydrogen-bond acceptors (Lipinski definition) is 1. The van der Waals surface area contributed by atoms with E-state index in [9.17, 15) is 0 Å². The van der Waals surface area contributed by atoms with Gasteiger partial charge in [-0.2, -0.15) is 0 Å². The van der Waals surface area contributed by atoms with E-state index in [-0.39, 0.29) is 1.43 Å². The summed E-state index contributed by atoms with van der Waals surface area (Å²) in [7, 11) is 0. The molecule has 0 saturated carbocycles. The minimum absolute atomic E-state index is 0. The van der Waals surface area contributed by atoms with Crippen molar-refractivity contribution in [2.24, 2.45) is 0 Å². The molecule has 0 aliphatic carbocycles. The standard InChI is InChI=1S/C24H18ClN.C13H12.C12H8BrCl.H2/c25-21-15-11-19(12-16-21)20-13-17-24(18-14-20)26(22-7-3-1-4-8-22)23-9-5-2-6-10-23;1-3-7-12(8-4-1)11-13-9-5-2-6-10-13;13-11-5-1-9(2-6-11)10-3-7-12(14)8-4-10;/h1-18H;1-10H,11H2;1-8H;1H/i;;;1+1. The van der Waals surface area contributed by atoms with E-state index >= 15 is 0 Å². The summed E-state index contributed by atoms with van der Waals surface area (Å²) < 4.78 is 1.09. The van der Waals surface area contributed by atoms with Crippen LogP contribution in [-0.4, -0.2) is 0 Å². The quantitative estimate of drug-likeness (QED) is 0.155. The fraction of sp³-hybridized carbons (Fsp3) is 0.0204. The molecule has 1 nitrogen and oxygen atoms in total. The molecule has 8 aromatic carbocycles. The van der Waals surface area contributed by atoms with E-state index in [1.807, 2.05) is 72.8 Å². The molecule has 0 aliphatic rings. The number of nitrogens with zero attached hydrogens (tertiary/aromatic N) is 1. The molecule has 0 saturated heterocycles. The highest BCUT2D eigenvalue weighted by Gasteiger charge is 2.11. The monoisotopic (exact) mass is 792 g/mol. The van der Waals surface area contributed by atoms with Crippen LogP contribution in [0, 0.1) is 0 Å². The van der Waals surface area contributed by atoms with Crippen LogP contribution in [0.25, 0.3) is 22.3 Å². The highest BCUT2D eigenvalue weighted by molar-refractivity contribution is 9.10. The summed E-state index contributed by atoms with van der Waals surface area (Å²) >= 11 is 15.2. The average molecular weight is 795 g/mol. The van der Waals surface area contributed by atoms with E-state index in [0.717, 1.165) is 43.6 Å². The molecule has 0 radical (unpaired) electrons. The van der Waals surface area contributed by atoms with Crippen LogP contribution < -0.4 is 4.90 Å². The second-order valence-electron chi connectivity index (χ2n) is 12.2. The first-order valence-corrected chi connectivity index (χ1v) is 18.9. The normalized spacial score (nSPS) is 10.2. The van der Waals surface area contributed by atoms with Gasteiger partial charge in [-0.1, -0.05) is 185 Å². The van der Waals surface area contributed by atoms with Crippen molar-refractivity contribution >= 4 is 56.2 Å². The van der Waals surface area contributed by atoms with Gasteiger partial charge in [0.2, 0.25) is 0 Å². The number of benzene rings is 8. The third-order valence-corrected chi connectivity index (χ3v) is 9.48. The fourth-order valence-electron chi connectivity index (χ4n) is 5.76. The molecule has 0 fully saturated rings. The van der Waals surface area contributed by atoms with Gasteiger partial charge in [-0.15, -0.1) is 0 Å². The van der Waals surface area contributed by atoms with E-state index < -0.39 is 0 Å². The summed E-state index contributed by atoms with van der Waals surface area (Å²) in [6, 6.07) is 74.5. The molecular weight excluding hydrogens is 753 g/mol. The Morgan fingerprint density at radius 1 is 0.340 bits per heavy atom. The van der Waals surface area contributed by atoms with Crippen LogP contribution in [0.1, 0.15) is 12.6 Å². The number of hydrogen-bond donors (Lipinski definition) is 0. The van der Waals surface area contributed by atoms with Gasteiger partial charge in [-0.3, -0.25) is 0 Å². The van der Waals surface area contributed by atoms with Gasteiger partial charge in [0, 0.05) is 33.0 Å². The lowest BCUT2D eigenvalue weighted by molar-refractivity contribution is 1.19. The maximum absolute atomic E-state index is 5.99. The fourth-order valence-corrected chi connectivity index (χ4v) is 6.28. The Morgan fingerprint density at radius 2 is 0.623 bits per heavy atom. The zero-order chi connectivity index (χ0) is 36.7. The second-order valence-corrected chi connectivity index (χ2v) is 14.0. The zero-order valence-corrected chi connectivity index (χ0v) is 32.2. The van der Waals surface area contributed by atoms with Crippen molar-refractivity contribution in [3.05, 3.63) is 244 Å². The van der Waals surface area contributed by atoms with Crippen molar-refractivity contribution in [3.63, 3.8) is 0 Å². The number of anilines is 3. The van der Waals surface area contributed by atoms with Gasteiger partial charge in [0.05, 0.1) is 0 Å². The van der Waals surface area contributed by atoms with E-state index in [1.54, 1.807) is 0 Å². The van der Waals surface area contributed by atoms with Crippen LogP contribution in [0.5, 0.6) is 0 Å². The van der Waals surface area contributed by atoms with Crippen molar-refractivity contribution in [3.8, 4) is 22.3 Å². The largest absolute Gasteiger partial charge is 0.311 e. The Balaban J connectivity index is 0.000000169. The SMILES string of the molecule is Clc1ccc(-c2ccc(Br)cc2)cc1.Clc1ccc(-c2ccc(N(c3ccccc3)c3ccccc3)cc2)cc1.[2HH].c1ccc(Cc2ccccc2)cc1. The topological polar surface area (TPSA) is 3.24 Å². The van der Waals surface area contributed by atoms with E-state index in [4.69, 9.17) is 23.2 Å². The minimum atomic E-state index is 0. The Kier molecular flexibility index (Phi) is 13.7. The van der Waals surface area contributed by atoms with Gasteiger partial charge in [0.1, 0.15) is 0 Å². The van der Waals surface area contributed by atoms with Gasteiger partial charge in [0.15, 0.2) is 0 Å². The molecule has 262 valence electrons. The molecule has 0 amide bonds. The molecule has 53 heavy (non-hydrogen) atoms. The predicted molar refractivity (Wildman–Crippen MR) is 234 cm³/mol. The minimum Gasteiger partial charge on any atom is -0.311 e. The zero-order valence-electron chi connectivity index (χ0n) is 29.1. The molecule has 0 bridgehead atoms. The van der Waals surface area contributed by atoms with Gasteiger partial charge in [0.25, 0.3) is 0 Å². The second kappa shape index (κ2) is 19.5. The molecule has 0 aromatic heterocycles. The maximum atomic E-state index is 5.99. The summed E-state index contributed by atoms with van der Waals surface area (Å²) in [5, 5.41) is 1.52. The van der Waals surface area contributed by atoms with Crippen molar-refractivity contribution in [1.82, 2.24) is 0 Å². The van der Waals surface area contributed by atoms with Crippen LogP contribution in [0.4, 0.5) is 17.1 Å². The van der Waals surface area contributed by atoms with E-state index in [2.05, 4.69) is 166 Å². The van der Waals surface area contributed by atoms with Gasteiger partial charge >= 0.3 is 0 Å². The summed E-state index contributed by atoms with van der Waals surface area (Å²) in [6.07, 6.45) is 1.03. The summed E-state index contributed by atoms with van der Waals surface area (Å²) in [4.78, 5) is 2.26. The van der Waals surface area contributed by atoms with Crippen LogP contribution in [0.15, 0.2) is 223 Å². The molecule has 0 aliphatic heterocycles. The third kappa shape index (κ3) is 11.3. The summed E-state index contributed by atoms with van der Waals surface area (Å²) in [6.45, 7) is 0. The van der Waals surface area contributed by atoms with Crippen LogP contribution in [0.3, 0.4) is 0 Å². The molecule has 8 aromatic rings. The molecule has 0 N–H and O–H groups in total. The molecule has 4 heteroatoms. The van der Waals surface area contributed by atoms with Gasteiger partial charge in [-0.05, 0) is 113 Å².